The molecule has 0 aliphatic carbocycles. The van der Waals surface area contributed by atoms with E-state index in [4.69, 9.17) is 4.42 Å². The number of hydrogen-bond donors (Lipinski definition) is 2. The molecule has 0 spiro atoms. The van der Waals surface area contributed by atoms with Crippen LogP contribution in [0.2, 0.25) is 0 Å². The molecule has 1 heterocycles. The summed E-state index contributed by atoms with van der Waals surface area (Å²) in [6.45, 7) is 2.59. The fourth-order valence-electron chi connectivity index (χ4n) is 1.39. The van der Waals surface area contributed by atoms with E-state index in [9.17, 15) is 10.1 Å². The van der Waals surface area contributed by atoms with Gasteiger partial charge in [-0.15, -0.1) is 0 Å². The molecule has 8 heteroatoms. The van der Waals surface area contributed by atoms with Crippen LogP contribution in [0.5, 0.6) is 0 Å². The van der Waals surface area contributed by atoms with E-state index in [1.165, 1.54) is 6.39 Å². The molecule has 1 aromatic rings. The van der Waals surface area contributed by atoms with Gasteiger partial charge in [0, 0.05) is 31.5 Å². The third-order valence-electron chi connectivity index (χ3n) is 2.38. The van der Waals surface area contributed by atoms with E-state index in [1.807, 2.05) is 6.92 Å². The van der Waals surface area contributed by atoms with Crippen molar-refractivity contribution in [3.63, 3.8) is 0 Å². The van der Waals surface area contributed by atoms with Gasteiger partial charge in [0.1, 0.15) is 5.76 Å². The van der Waals surface area contributed by atoms with Crippen LogP contribution >= 0.6 is 11.8 Å². The first-order valence-corrected chi connectivity index (χ1v) is 7.02. The van der Waals surface area contributed by atoms with Crippen LogP contribution in [0.15, 0.2) is 22.8 Å². The number of aryl methyl sites for hydroxylation is 2. The van der Waals surface area contributed by atoms with Gasteiger partial charge in [-0.2, -0.15) is 11.8 Å². The Morgan fingerprint density at radius 3 is 3.00 bits per heavy atom. The van der Waals surface area contributed by atoms with E-state index in [2.05, 4.69) is 15.6 Å². The second kappa shape index (κ2) is 8.41. The zero-order valence-electron chi connectivity index (χ0n) is 11.0. The molecule has 0 atom stereocenters. The molecule has 0 unspecified atom stereocenters. The number of nitrogens with zero attached hydrogens (tertiary/aromatic N) is 2. The number of thioether (sulfide) groups is 1. The lowest BCUT2D eigenvalue weighted by Gasteiger charge is -2.07. The molecular formula is C11H18N4O3S. The van der Waals surface area contributed by atoms with E-state index in [1.54, 1.807) is 18.8 Å². The van der Waals surface area contributed by atoms with Crippen molar-refractivity contribution in [1.82, 2.24) is 15.6 Å². The molecule has 106 valence electrons. The molecule has 0 saturated carbocycles. The lowest BCUT2D eigenvalue weighted by Crippen LogP contribution is -2.26. The van der Waals surface area contributed by atoms with Gasteiger partial charge >= 0.3 is 0 Å². The zero-order chi connectivity index (χ0) is 14.1. The summed E-state index contributed by atoms with van der Waals surface area (Å²) in [5.41, 5.74) is 0.935. The molecule has 1 rings (SSSR count). The number of nitro groups is 1. The maximum Gasteiger partial charge on any atom is 0.274 e. The normalized spacial score (nSPS) is 11.4. The summed E-state index contributed by atoms with van der Waals surface area (Å²) < 4.78 is 5.24. The van der Waals surface area contributed by atoms with Crippen LogP contribution < -0.4 is 10.6 Å². The third-order valence-corrected chi connectivity index (χ3v) is 3.37. The monoisotopic (exact) mass is 286 g/mol. The molecule has 0 aliphatic heterocycles. The number of aromatic nitrogens is 1. The van der Waals surface area contributed by atoms with Crippen LogP contribution in [0, 0.1) is 17.0 Å². The molecule has 19 heavy (non-hydrogen) atoms. The Morgan fingerprint density at radius 1 is 1.63 bits per heavy atom. The van der Waals surface area contributed by atoms with E-state index in [0.717, 1.165) is 35.6 Å². The van der Waals surface area contributed by atoms with Crippen LogP contribution in [0.25, 0.3) is 0 Å². The molecule has 0 bridgehead atoms. The molecular weight excluding hydrogens is 268 g/mol. The predicted octanol–water partition coefficient (Wildman–Crippen LogP) is 1.14. The largest absolute Gasteiger partial charge is 0.448 e. The summed E-state index contributed by atoms with van der Waals surface area (Å²) in [7, 11) is 1.64. The summed E-state index contributed by atoms with van der Waals surface area (Å²) in [5.74, 6) is 3.14. The van der Waals surface area contributed by atoms with Crippen molar-refractivity contribution in [2.45, 2.75) is 13.3 Å². The molecule has 0 aliphatic rings. The fraction of sp³-hybridized carbons (Fsp3) is 0.545. The van der Waals surface area contributed by atoms with Gasteiger partial charge in [-0.25, -0.2) is 4.98 Å². The third kappa shape index (κ3) is 6.14. The van der Waals surface area contributed by atoms with Gasteiger partial charge in [-0.05, 0) is 6.92 Å². The number of rotatable bonds is 9. The molecule has 0 aromatic carbocycles. The van der Waals surface area contributed by atoms with Crippen molar-refractivity contribution in [2.75, 3.05) is 25.1 Å². The Bertz CT molecular complexity index is 433. The lowest BCUT2D eigenvalue weighted by atomic mass is 10.3. The average molecular weight is 286 g/mol. The smallest absolute Gasteiger partial charge is 0.274 e. The highest BCUT2D eigenvalue weighted by Gasteiger charge is 2.03. The van der Waals surface area contributed by atoms with Crippen molar-refractivity contribution < 1.29 is 9.34 Å². The van der Waals surface area contributed by atoms with Gasteiger partial charge in [0.05, 0.1) is 10.6 Å². The molecule has 1 aromatic heterocycles. The van der Waals surface area contributed by atoms with Crippen molar-refractivity contribution >= 4 is 11.8 Å². The first kappa shape index (κ1) is 15.4. The number of oxazole rings is 1. The Labute approximate surface area is 116 Å². The lowest BCUT2D eigenvalue weighted by molar-refractivity contribution is -0.404. The minimum atomic E-state index is -0.487. The van der Waals surface area contributed by atoms with Gasteiger partial charge in [-0.1, -0.05) is 0 Å². The minimum absolute atomic E-state index is 0.414. The van der Waals surface area contributed by atoms with Crippen LogP contribution in [0.4, 0.5) is 0 Å². The molecule has 2 N–H and O–H groups in total. The van der Waals surface area contributed by atoms with Crippen LogP contribution in [0.3, 0.4) is 0 Å². The van der Waals surface area contributed by atoms with Crippen molar-refractivity contribution in [2.24, 2.45) is 0 Å². The Kier molecular flexibility index (Phi) is 6.80. The van der Waals surface area contributed by atoms with Gasteiger partial charge in [0.2, 0.25) is 0 Å². The zero-order valence-corrected chi connectivity index (χ0v) is 11.8. The number of nitrogens with one attached hydrogen (secondary N) is 2. The summed E-state index contributed by atoms with van der Waals surface area (Å²) in [4.78, 5) is 13.8. The van der Waals surface area contributed by atoms with Gasteiger partial charge in [0.25, 0.3) is 6.20 Å². The van der Waals surface area contributed by atoms with Gasteiger partial charge in [-0.3, -0.25) is 10.1 Å². The molecule has 7 nitrogen and oxygen atoms in total. The van der Waals surface area contributed by atoms with E-state index >= 15 is 0 Å². The van der Waals surface area contributed by atoms with Crippen LogP contribution in [-0.2, 0) is 6.42 Å². The van der Waals surface area contributed by atoms with Gasteiger partial charge < -0.3 is 15.1 Å². The number of hydrogen-bond acceptors (Lipinski definition) is 7. The fourth-order valence-corrected chi connectivity index (χ4v) is 2.18. The summed E-state index contributed by atoms with van der Waals surface area (Å²) >= 11 is 1.76. The molecule has 0 saturated heterocycles. The Hall–Kier alpha value is -1.70. The standard InChI is InChI=1S/C11H18N4O3S/c1-9-10(18-8-14-9)3-5-19-6-4-13-11(12-2)7-15(16)17/h7-8,12-13H,3-6H2,1-2H3/b11-7-. The van der Waals surface area contributed by atoms with E-state index in [-0.39, 0.29) is 0 Å². The summed E-state index contributed by atoms with van der Waals surface area (Å²) in [6, 6.07) is 0. The van der Waals surface area contributed by atoms with Crippen LogP contribution in [-0.4, -0.2) is 35.0 Å². The van der Waals surface area contributed by atoms with Crippen molar-refractivity contribution in [1.29, 1.82) is 0 Å². The topological polar surface area (TPSA) is 93.2 Å². The second-order valence-electron chi connectivity index (χ2n) is 3.73. The Balaban J connectivity index is 2.11. The highest BCUT2D eigenvalue weighted by atomic mass is 32.2. The first-order chi connectivity index (χ1) is 9.13. The first-order valence-electron chi connectivity index (χ1n) is 5.87. The second-order valence-corrected chi connectivity index (χ2v) is 4.95. The summed E-state index contributed by atoms with van der Waals surface area (Å²) in [5, 5.41) is 16.0. The molecule has 0 radical (unpaired) electrons. The van der Waals surface area contributed by atoms with E-state index in [0.29, 0.717) is 12.4 Å². The van der Waals surface area contributed by atoms with Crippen molar-refractivity contribution in [3.8, 4) is 0 Å². The molecule has 0 fully saturated rings. The van der Waals surface area contributed by atoms with Crippen LogP contribution in [0.1, 0.15) is 11.5 Å². The quantitative estimate of drug-likeness (QED) is 0.399. The maximum absolute atomic E-state index is 10.3. The Morgan fingerprint density at radius 2 is 2.42 bits per heavy atom. The van der Waals surface area contributed by atoms with Gasteiger partial charge in [0.15, 0.2) is 12.2 Å². The average Bonchev–Trinajstić information content (AvgIpc) is 2.77. The predicted molar refractivity (Wildman–Crippen MR) is 74.4 cm³/mol. The minimum Gasteiger partial charge on any atom is -0.448 e. The highest BCUT2D eigenvalue weighted by Crippen LogP contribution is 2.09. The van der Waals surface area contributed by atoms with Crippen molar-refractivity contribution in [3.05, 3.63) is 40.0 Å². The highest BCUT2D eigenvalue weighted by molar-refractivity contribution is 7.99. The molecule has 0 amide bonds. The van der Waals surface area contributed by atoms with E-state index < -0.39 is 4.92 Å². The summed E-state index contributed by atoms with van der Waals surface area (Å²) in [6.07, 6.45) is 3.22. The SMILES string of the molecule is CN/C(=C/[N+](=O)[O-])NCCSCCc1ocnc1C. The maximum atomic E-state index is 10.3.